The Hall–Kier alpha value is -2.88. The number of benzene rings is 1. The fraction of sp³-hybridized carbons (Fsp3) is 0.519. The average Bonchev–Trinajstić information content (AvgIpc) is 3.54. The van der Waals surface area contributed by atoms with E-state index in [1.54, 1.807) is 25.3 Å². The Bertz CT molecular complexity index is 1120. The smallest absolute Gasteiger partial charge is 0.318 e. The maximum atomic E-state index is 12.0. The summed E-state index contributed by atoms with van der Waals surface area (Å²) < 4.78 is 5.37. The minimum absolute atomic E-state index is 0.0498. The van der Waals surface area contributed by atoms with Crippen LogP contribution >= 0.6 is 11.6 Å². The van der Waals surface area contributed by atoms with Crippen molar-refractivity contribution in [1.29, 1.82) is 0 Å². The first-order chi connectivity index (χ1) is 17.8. The van der Waals surface area contributed by atoms with Crippen LogP contribution in [-0.4, -0.2) is 88.6 Å². The van der Waals surface area contributed by atoms with Gasteiger partial charge in [0, 0.05) is 55.9 Å². The van der Waals surface area contributed by atoms with Crippen molar-refractivity contribution >= 4 is 23.3 Å². The summed E-state index contributed by atoms with van der Waals surface area (Å²) in [7, 11) is 3.74. The van der Waals surface area contributed by atoms with Crippen LogP contribution in [0.2, 0.25) is 5.02 Å². The molecule has 0 aliphatic carbocycles. The Morgan fingerprint density at radius 2 is 1.97 bits per heavy atom. The molecule has 1 unspecified atom stereocenters. The van der Waals surface area contributed by atoms with E-state index in [0.29, 0.717) is 50.3 Å². The van der Waals surface area contributed by atoms with E-state index in [9.17, 15) is 9.90 Å². The Balaban J connectivity index is 0.000000469. The van der Waals surface area contributed by atoms with E-state index in [4.69, 9.17) is 16.3 Å². The summed E-state index contributed by atoms with van der Waals surface area (Å²) in [4.78, 5) is 29.9. The lowest BCUT2D eigenvalue weighted by atomic mass is 10.1. The van der Waals surface area contributed by atoms with Crippen molar-refractivity contribution in [3.8, 4) is 11.8 Å². The summed E-state index contributed by atoms with van der Waals surface area (Å²) in [5, 5.41) is 10.4. The van der Waals surface area contributed by atoms with E-state index in [-0.39, 0.29) is 17.7 Å². The van der Waals surface area contributed by atoms with Crippen LogP contribution < -0.4 is 9.64 Å². The lowest BCUT2D eigenvalue weighted by Crippen LogP contribution is -2.54. The number of aromatic nitrogens is 2. The van der Waals surface area contributed by atoms with Gasteiger partial charge < -0.3 is 24.5 Å². The van der Waals surface area contributed by atoms with E-state index < -0.39 is 0 Å². The zero-order valence-electron chi connectivity index (χ0n) is 22.0. The molecule has 37 heavy (non-hydrogen) atoms. The normalized spacial score (nSPS) is 19.8. The molecule has 3 aliphatic rings. The zero-order valence-corrected chi connectivity index (χ0v) is 22.7. The first-order valence-corrected chi connectivity index (χ1v) is 13.2. The Morgan fingerprint density at radius 1 is 1.22 bits per heavy atom. The van der Waals surface area contributed by atoms with Crippen molar-refractivity contribution in [2.75, 3.05) is 51.8 Å². The second kappa shape index (κ2) is 12.1. The second-order valence-corrected chi connectivity index (χ2v) is 10.3. The molecule has 1 aromatic carbocycles. The summed E-state index contributed by atoms with van der Waals surface area (Å²) in [5.74, 6) is 0.995. The monoisotopic (exact) mass is 528 g/mol. The zero-order chi connectivity index (χ0) is 26.5. The average molecular weight is 529 g/mol. The maximum Gasteiger partial charge on any atom is 0.318 e. The number of phenols is 1. The van der Waals surface area contributed by atoms with Crippen LogP contribution in [0.5, 0.6) is 11.8 Å². The number of carbonyl (C=O) groups is 1. The first-order valence-electron chi connectivity index (χ1n) is 12.8. The number of halogens is 1. The highest BCUT2D eigenvalue weighted by Crippen LogP contribution is 2.34. The van der Waals surface area contributed by atoms with Crippen molar-refractivity contribution in [2.45, 2.75) is 45.4 Å². The predicted octanol–water partition coefficient (Wildman–Crippen LogP) is 3.30. The number of fused-ring (bicyclic) bond motifs is 1. The van der Waals surface area contributed by atoms with Crippen molar-refractivity contribution in [1.82, 2.24) is 24.7 Å². The first kappa shape index (κ1) is 27.2. The van der Waals surface area contributed by atoms with Gasteiger partial charge in [0.25, 0.3) is 0 Å². The molecule has 0 radical (unpaired) electrons. The second-order valence-electron chi connectivity index (χ2n) is 9.92. The molecule has 2 aromatic rings. The van der Waals surface area contributed by atoms with E-state index >= 15 is 0 Å². The quantitative estimate of drug-likeness (QED) is 0.592. The molecule has 1 amide bonds. The number of carbonyl (C=O) groups excluding carboxylic acids is 1. The summed E-state index contributed by atoms with van der Waals surface area (Å²) in [5.41, 5.74) is 2.85. The number of piperazine rings is 1. The summed E-state index contributed by atoms with van der Waals surface area (Å²) in [6, 6.07) is 5.40. The fourth-order valence-electron chi connectivity index (χ4n) is 5.12. The number of hydrogen-bond acceptors (Lipinski definition) is 8. The Kier molecular flexibility index (Phi) is 8.89. The third kappa shape index (κ3) is 6.52. The summed E-state index contributed by atoms with van der Waals surface area (Å²) >= 11 is 6.32. The van der Waals surface area contributed by atoms with Gasteiger partial charge >= 0.3 is 6.01 Å². The lowest BCUT2D eigenvalue weighted by Gasteiger charge is -2.40. The molecule has 1 N–H and O–H groups in total. The largest absolute Gasteiger partial charge is 0.508 e. The molecule has 4 heterocycles. The number of phenolic OH excluding ortho intramolecular Hbond substituents is 1. The van der Waals surface area contributed by atoms with Gasteiger partial charge in [-0.1, -0.05) is 18.2 Å². The van der Waals surface area contributed by atoms with Gasteiger partial charge in [0.05, 0.1) is 12.8 Å². The molecule has 2 saturated heterocycles. The molecule has 1 aromatic heterocycles. The number of ether oxygens (including phenoxy) is 1. The molecule has 2 fully saturated rings. The number of aromatic hydroxyl groups is 1. The fourth-order valence-corrected chi connectivity index (χ4v) is 5.30. The van der Waals surface area contributed by atoms with Gasteiger partial charge in [-0.3, -0.25) is 9.69 Å². The number of anilines is 1. The molecule has 0 spiro atoms. The van der Waals surface area contributed by atoms with Crippen LogP contribution in [0.1, 0.15) is 36.6 Å². The number of nitrogens with zero attached hydrogens (tertiary/aromatic N) is 6. The van der Waals surface area contributed by atoms with Crippen molar-refractivity contribution < 1.29 is 14.6 Å². The van der Waals surface area contributed by atoms with E-state index in [1.165, 1.54) is 32.0 Å². The van der Waals surface area contributed by atoms with Crippen molar-refractivity contribution in [2.24, 2.45) is 0 Å². The Morgan fingerprint density at radius 3 is 2.59 bits per heavy atom. The van der Waals surface area contributed by atoms with E-state index in [1.807, 2.05) is 4.90 Å². The number of amides is 1. The molecule has 1 atom stereocenters. The minimum Gasteiger partial charge on any atom is -0.508 e. The summed E-state index contributed by atoms with van der Waals surface area (Å²) in [6.45, 7) is 12.1. The van der Waals surface area contributed by atoms with Gasteiger partial charge in [0.2, 0.25) is 5.91 Å². The van der Waals surface area contributed by atoms with E-state index in [2.05, 4.69) is 45.2 Å². The van der Waals surface area contributed by atoms with Gasteiger partial charge in [0.1, 0.15) is 11.6 Å². The van der Waals surface area contributed by atoms with Crippen LogP contribution in [-0.2, 0) is 24.4 Å². The molecular formula is C27H37ClN6O3. The molecule has 200 valence electrons. The third-order valence-corrected chi connectivity index (χ3v) is 7.50. The number of hydrogen-bond donors (Lipinski definition) is 1. The molecule has 0 saturated carbocycles. The maximum absolute atomic E-state index is 12.0. The molecule has 9 nitrogen and oxygen atoms in total. The van der Waals surface area contributed by atoms with Gasteiger partial charge in [-0.05, 0) is 69.7 Å². The standard InChI is InChI=1S/C22H26ClN5O3.C5H11N/c1-4-20(30)27-7-8-28(14(2)10-27)21-17-12-26(13-19(17)24-22(25-21)31-3)11-15-9-16(29)5-6-18(15)23;1-6-4-2-3-5-6/h4-6,9,14,29H,1,7-8,10-13H2,2-3H3;2-5H2,1H3. The topological polar surface area (TPSA) is 85.3 Å². The summed E-state index contributed by atoms with van der Waals surface area (Å²) in [6.07, 6.45) is 4.19. The number of likely N-dealkylation sites (tertiary alicyclic amines) is 1. The third-order valence-electron chi connectivity index (χ3n) is 7.13. The van der Waals surface area contributed by atoms with Crippen LogP contribution in [0.25, 0.3) is 0 Å². The van der Waals surface area contributed by atoms with E-state index in [0.717, 1.165) is 22.6 Å². The highest BCUT2D eigenvalue weighted by atomic mass is 35.5. The number of methoxy groups -OCH3 is 1. The van der Waals surface area contributed by atoms with Gasteiger partial charge in [-0.25, -0.2) is 0 Å². The minimum atomic E-state index is -0.0498. The van der Waals surface area contributed by atoms with Crippen LogP contribution in [0.3, 0.4) is 0 Å². The molecular weight excluding hydrogens is 492 g/mol. The molecule has 10 heteroatoms. The van der Waals surface area contributed by atoms with Gasteiger partial charge in [-0.2, -0.15) is 9.97 Å². The molecule has 5 rings (SSSR count). The van der Waals surface area contributed by atoms with Gasteiger partial charge in [0.15, 0.2) is 0 Å². The Labute approximate surface area is 224 Å². The van der Waals surface area contributed by atoms with Crippen LogP contribution in [0, 0.1) is 0 Å². The number of rotatable bonds is 5. The highest BCUT2D eigenvalue weighted by molar-refractivity contribution is 6.31. The SMILES string of the molecule is C=CC(=O)N1CCN(c2nc(OC)nc3c2CN(Cc2cc(O)ccc2Cl)C3)C(C)C1.CN1CCCC1. The van der Waals surface area contributed by atoms with Crippen molar-refractivity contribution in [3.63, 3.8) is 0 Å². The predicted molar refractivity (Wildman–Crippen MR) is 145 cm³/mol. The van der Waals surface area contributed by atoms with Crippen LogP contribution in [0.15, 0.2) is 30.9 Å². The molecule has 3 aliphatic heterocycles. The van der Waals surface area contributed by atoms with Gasteiger partial charge in [-0.15, -0.1) is 0 Å². The highest BCUT2D eigenvalue weighted by Gasteiger charge is 2.33. The van der Waals surface area contributed by atoms with Crippen molar-refractivity contribution in [3.05, 3.63) is 52.7 Å². The molecule has 0 bridgehead atoms. The van der Waals surface area contributed by atoms with Crippen LogP contribution in [0.4, 0.5) is 5.82 Å². The lowest BCUT2D eigenvalue weighted by molar-refractivity contribution is -0.126.